The van der Waals surface area contributed by atoms with Gasteiger partial charge in [0.05, 0.1) is 6.42 Å². The Balaban J connectivity index is 1.70. The molecule has 3 rings (SSSR count). The smallest absolute Gasteiger partial charge is 0.325 e. The van der Waals surface area contributed by atoms with Gasteiger partial charge in [-0.1, -0.05) is 35.5 Å². The van der Waals surface area contributed by atoms with E-state index in [-0.39, 0.29) is 6.42 Å². The Labute approximate surface area is 145 Å². The van der Waals surface area contributed by atoms with Crippen molar-refractivity contribution < 1.29 is 4.42 Å². The number of benzene rings is 1. The Hall–Kier alpha value is -2.32. The average Bonchev–Trinajstić information content (AvgIpc) is 2.97. The van der Waals surface area contributed by atoms with Crippen molar-refractivity contribution in [3.8, 4) is 0 Å². The molecule has 0 fully saturated rings. The predicted octanol–water partition coefficient (Wildman–Crippen LogP) is 2.29. The molecule has 3 aromatic rings. The second-order valence-corrected chi connectivity index (χ2v) is 6.43. The van der Waals surface area contributed by atoms with Crippen molar-refractivity contribution in [2.75, 3.05) is 0 Å². The molecule has 0 radical (unpaired) electrons. The fraction of sp³-hybridized carbons (Fsp3) is 0.200. The summed E-state index contributed by atoms with van der Waals surface area (Å²) in [5.74, 6) is 0.949. The lowest BCUT2D eigenvalue weighted by molar-refractivity contribution is 0.419. The predicted molar refractivity (Wildman–Crippen MR) is 90.5 cm³/mol. The zero-order valence-electron chi connectivity index (χ0n) is 12.6. The summed E-state index contributed by atoms with van der Waals surface area (Å²) in [5, 5.41) is 8.97. The number of aromatic nitrogens is 4. The molecule has 0 amide bonds. The van der Waals surface area contributed by atoms with E-state index in [1.807, 2.05) is 24.3 Å². The maximum Gasteiger partial charge on any atom is 0.325 e. The molecule has 0 aliphatic heterocycles. The molecule has 0 unspecified atom stereocenters. The highest BCUT2D eigenvalue weighted by Gasteiger charge is 2.13. The molecule has 9 heteroatoms. The van der Waals surface area contributed by atoms with Gasteiger partial charge in [0.2, 0.25) is 5.89 Å². The van der Waals surface area contributed by atoms with Crippen LogP contribution in [0.3, 0.4) is 0 Å². The van der Waals surface area contributed by atoms with Crippen LogP contribution in [0.1, 0.15) is 22.7 Å². The topological polar surface area (TPSA) is 105 Å². The van der Waals surface area contributed by atoms with E-state index in [2.05, 4.69) is 20.2 Å². The Kier molecular flexibility index (Phi) is 4.86. The highest BCUT2D eigenvalue weighted by molar-refractivity contribution is 7.98. The fourth-order valence-electron chi connectivity index (χ4n) is 2.13. The van der Waals surface area contributed by atoms with Crippen molar-refractivity contribution in [3.05, 3.63) is 72.8 Å². The van der Waals surface area contributed by atoms with Gasteiger partial charge in [-0.3, -0.25) is 9.78 Å². The molecule has 2 N–H and O–H groups in total. The number of H-pyrrole nitrogens is 2. The summed E-state index contributed by atoms with van der Waals surface area (Å²) in [4.78, 5) is 27.7. The van der Waals surface area contributed by atoms with Gasteiger partial charge in [0, 0.05) is 22.0 Å². The van der Waals surface area contributed by atoms with Crippen LogP contribution < -0.4 is 11.2 Å². The standard InChI is InChI=1S/C15H13ClN4O3S/c1-8-11(13(21)18-14(22)17-8)6-12-19-20-15(23-12)24-7-9-3-2-4-10(16)5-9/h2-5H,6-7H2,1H3,(H2,17,18,21,22). The first kappa shape index (κ1) is 16.5. The molecular weight excluding hydrogens is 352 g/mol. The Bertz CT molecular complexity index is 979. The molecule has 0 aliphatic rings. The first-order valence-corrected chi connectivity index (χ1v) is 8.39. The van der Waals surface area contributed by atoms with Gasteiger partial charge in [-0.2, -0.15) is 0 Å². The highest BCUT2D eigenvalue weighted by atomic mass is 35.5. The minimum atomic E-state index is -0.537. The molecule has 2 aromatic heterocycles. The summed E-state index contributed by atoms with van der Waals surface area (Å²) in [7, 11) is 0. The van der Waals surface area contributed by atoms with Gasteiger partial charge < -0.3 is 9.40 Å². The van der Waals surface area contributed by atoms with E-state index in [1.54, 1.807) is 6.92 Å². The van der Waals surface area contributed by atoms with Crippen LogP contribution in [0.2, 0.25) is 5.02 Å². The minimum absolute atomic E-state index is 0.155. The normalized spacial score (nSPS) is 10.9. The average molecular weight is 365 g/mol. The molecule has 1 aromatic carbocycles. The number of aryl methyl sites for hydroxylation is 1. The van der Waals surface area contributed by atoms with Crippen molar-refractivity contribution >= 4 is 23.4 Å². The number of aromatic amines is 2. The van der Waals surface area contributed by atoms with Crippen molar-refractivity contribution in [2.24, 2.45) is 0 Å². The van der Waals surface area contributed by atoms with Crippen LogP contribution in [0.5, 0.6) is 0 Å². The van der Waals surface area contributed by atoms with Crippen molar-refractivity contribution in [1.29, 1.82) is 0 Å². The molecule has 24 heavy (non-hydrogen) atoms. The van der Waals surface area contributed by atoms with E-state index in [0.717, 1.165) is 5.56 Å². The van der Waals surface area contributed by atoms with Gasteiger partial charge in [-0.05, 0) is 24.6 Å². The molecule has 0 atom stereocenters. The van der Waals surface area contributed by atoms with Gasteiger partial charge in [-0.15, -0.1) is 10.2 Å². The first-order chi connectivity index (χ1) is 11.5. The summed E-state index contributed by atoms with van der Waals surface area (Å²) in [6.45, 7) is 1.65. The molecule has 0 spiro atoms. The summed E-state index contributed by atoms with van der Waals surface area (Å²) in [6.07, 6.45) is 0.155. The van der Waals surface area contributed by atoms with Crippen LogP contribution in [0.25, 0.3) is 0 Å². The van der Waals surface area contributed by atoms with E-state index in [9.17, 15) is 9.59 Å². The second-order valence-electron chi connectivity index (χ2n) is 5.07. The Morgan fingerprint density at radius 1 is 1.25 bits per heavy atom. The lowest BCUT2D eigenvalue weighted by Crippen LogP contribution is -2.27. The van der Waals surface area contributed by atoms with Crippen molar-refractivity contribution in [2.45, 2.75) is 24.3 Å². The van der Waals surface area contributed by atoms with Crippen LogP contribution in [0.4, 0.5) is 0 Å². The number of thioether (sulfide) groups is 1. The number of hydrogen-bond donors (Lipinski definition) is 2. The van der Waals surface area contributed by atoms with Crippen LogP contribution in [0, 0.1) is 6.92 Å². The lowest BCUT2D eigenvalue weighted by atomic mass is 10.2. The third-order valence-corrected chi connectivity index (χ3v) is 4.41. The van der Waals surface area contributed by atoms with Gasteiger partial charge in [-0.25, -0.2) is 4.79 Å². The summed E-state index contributed by atoms with van der Waals surface area (Å²) in [5.41, 5.74) is 0.923. The molecule has 0 saturated heterocycles. The number of nitrogens with one attached hydrogen (secondary N) is 2. The molecule has 7 nitrogen and oxygen atoms in total. The second kappa shape index (κ2) is 7.06. The zero-order valence-corrected chi connectivity index (χ0v) is 14.2. The van der Waals surface area contributed by atoms with E-state index in [1.165, 1.54) is 11.8 Å². The number of rotatable bonds is 5. The van der Waals surface area contributed by atoms with E-state index in [4.69, 9.17) is 16.0 Å². The third-order valence-electron chi connectivity index (χ3n) is 3.28. The van der Waals surface area contributed by atoms with Crippen LogP contribution in [0.15, 0.2) is 43.5 Å². The number of halogens is 1. The molecular formula is C15H13ClN4O3S. The Morgan fingerprint density at radius 3 is 2.83 bits per heavy atom. The van der Waals surface area contributed by atoms with Crippen molar-refractivity contribution in [3.63, 3.8) is 0 Å². The van der Waals surface area contributed by atoms with Crippen molar-refractivity contribution in [1.82, 2.24) is 20.2 Å². The summed E-state index contributed by atoms with van der Waals surface area (Å²) < 4.78 is 5.54. The highest BCUT2D eigenvalue weighted by Crippen LogP contribution is 2.23. The first-order valence-electron chi connectivity index (χ1n) is 7.03. The summed E-state index contributed by atoms with van der Waals surface area (Å²) >= 11 is 7.33. The molecule has 2 heterocycles. The lowest BCUT2D eigenvalue weighted by Gasteiger charge is -2.00. The largest absolute Gasteiger partial charge is 0.416 e. The maximum atomic E-state index is 11.8. The zero-order chi connectivity index (χ0) is 17.1. The molecule has 124 valence electrons. The molecule has 0 aliphatic carbocycles. The fourth-order valence-corrected chi connectivity index (χ4v) is 3.07. The monoisotopic (exact) mass is 364 g/mol. The number of nitrogens with zero attached hydrogens (tertiary/aromatic N) is 2. The molecule has 0 bridgehead atoms. The van der Waals surface area contributed by atoms with Crippen LogP contribution in [-0.2, 0) is 12.2 Å². The van der Waals surface area contributed by atoms with E-state index >= 15 is 0 Å². The van der Waals surface area contributed by atoms with E-state index in [0.29, 0.717) is 33.1 Å². The number of hydrogen-bond acceptors (Lipinski definition) is 6. The SMILES string of the molecule is Cc1[nH]c(=O)[nH]c(=O)c1Cc1nnc(SCc2cccc(Cl)c2)o1. The van der Waals surface area contributed by atoms with Gasteiger partial charge in [0.1, 0.15) is 0 Å². The Morgan fingerprint density at radius 2 is 2.08 bits per heavy atom. The van der Waals surface area contributed by atoms with Gasteiger partial charge >= 0.3 is 5.69 Å². The minimum Gasteiger partial charge on any atom is -0.416 e. The van der Waals surface area contributed by atoms with E-state index < -0.39 is 11.2 Å². The quantitative estimate of drug-likeness (QED) is 0.673. The molecule has 0 saturated carbocycles. The summed E-state index contributed by atoms with van der Waals surface area (Å²) in [6, 6.07) is 7.52. The van der Waals surface area contributed by atoms with Crippen LogP contribution in [-0.4, -0.2) is 20.2 Å². The third kappa shape index (κ3) is 3.95. The van der Waals surface area contributed by atoms with Gasteiger partial charge in [0.25, 0.3) is 10.8 Å². The maximum absolute atomic E-state index is 11.8. The van der Waals surface area contributed by atoms with Gasteiger partial charge in [0.15, 0.2) is 0 Å². The van der Waals surface area contributed by atoms with Crippen LogP contribution >= 0.6 is 23.4 Å².